The van der Waals surface area contributed by atoms with Gasteiger partial charge < -0.3 is 9.47 Å². The van der Waals surface area contributed by atoms with Crippen LogP contribution in [0.2, 0.25) is 0 Å². The Hall–Kier alpha value is -2.22. The molecule has 0 saturated carbocycles. The number of aromatic amines is 1. The normalized spacial score (nSPS) is 25.7. The van der Waals surface area contributed by atoms with E-state index >= 15 is 0 Å². The van der Waals surface area contributed by atoms with Gasteiger partial charge in [0.2, 0.25) is 0 Å². The number of H-pyrrole nitrogens is 1. The first kappa shape index (κ1) is 14.2. The lowest BCUT2D eigenvalue weighted by Gasteiger charge is -2.15. The minimum Gasteiger partial charge on any atom is -0.463 e. The molecule has 0 amide bonds. The van der Waals surface area contributed by atoms with E-state index in [1.807, 2.05) is 4.98 Å². The number of rotatable bonds is 3. The van der Waals surface area contributed by atoms with E-state index in [4.69, 9.17) is 9.47 Å². The van der Waals surface area contributed by atoms with Gasteiger partial charge in [0.25, 0.3) is 5.56 Å². The molecule has 1 aliphatic heterocycles. The van der Waals surface area contributed by atoms with Gasteiger partial charge in [-0.3, -0.25) is 19.1 Å². The minimum atomic E-state index is -1.64. The summed E-state index contributed by atoms with van der Waals surface area (Å²) in [6.45, 7) is 4.58. The van der Waals surface area contributed by atoms with E-state index in [2.05, 4.69) is 6.58 Å². The summed E-state index contributed by atoms with van der Waals surface area (Å²) in [5, 5.41) is 0. The topological polar surface area (TPSA) is 90.4 Å². The van der Waals surface area contributed by atoms with E-state index in [0.717, 1.165) is 16.8 Å². The van der Waals surface area contributed by atoms with E-state index < -0.39 is 35.7 Å². The smallest absolute Gasteiger partial charge is 0.330 e. The van der Waals surface area contributed by atoms with Gasteiger partial charge in [0.05, 0.1) is 0 Å². The third-order valence-corrected chi connectivity index (χ3v) is 2.89. The quantitative estimate of drug-likeness (QED) is 0.618. The SMILES string of the molecule is C=C1C(COC(C)=O)OC(n2ccc(=O)[nH]c2=O)C1F. The Morgan fingerprint density at radius 3 is 2.90 bits per heavy atom. The van der Waals surface area contributed by atoms with Gasteiger partial charge in [0, 0.05) is 19.2 Å². The van der Waals surface area contributed by atoms with Crippen molar-refractivity contribution >= 4 is 5.97 Å². The highest BCUT2D eigenvalue weighted by Crippen LogP contribution is 2.34. The summed E-state index contributed by atoms with van der Waals surface area (Å²) in [4.78, 5) is 35.3. The molecule has 1 aliphatic rings. The number of nitrogens with one attached hydrogen (secondary N) is 1. The number of halogens is 1. The first-order chi connectivity index (χ1) is 9.40. The summed E-state index contributed by atoms with van der Waals surface area (Å²) in [7, 11) is 0. The fourth-order valence-corrected chi connectivity index (χ4v) is 1.86. The number of nitrogens with zero attached hydrogens (tertiary/aromatic N) is 1. The number of aromatic nitrogens is 2. The number of esters is 1. The van der Waals surface area contributed by atoms with Crippen LogP contribution in [0.5, 0.6) is 0 Å². The van der Waals surface area contributed by atoms with Crippen molar-refractivity contribution in [2.45, 2.75) is 25.4 Å². The first-order valence-corrected chi connectivity index (χ1v) is 5.83. The Bertz CT molecular complexity index is 650. The second kappa shape index (κ2) is 5.41. The van der Waals surface area contributed by atoms with Crippen molar-refractivity contribution in [2.75, 3.05) is 6.61 Å². The average molecular weight is 284 g/mol. The van der Waals surface area contributed by atoms with Crippen molar-refractivity contribution in [3.05, 3.63) is 45.3 Å². The lowest BCUT2D eigenvalue weighted by atomic mass is 10.1. The zero-order valence-electron chi connectivity index (χ0n) is 10.7. The maximum atomic E-state index is 14.1. The van der Waals surface area contributed by atoms with Gasteiger partial charge in [-0.1, -0.05) is 6.58 Å². The van der Waals surface area contributed by atoms with Crippen LogP contribution in [0.25, 0.3) is 0 Å². The molecule has 3 atom stereocenters. The molecule has 1 aromatic heterocycles. The third kappa shape index (κ3) is 2.69. The number of hydrogen-bond donors (Lipinski definition) is 1. The van der Waals surface area contributed by atoms with Crippen molar-refractivity contribution < 1.29 is 18.7 Å². The van der Waals surface area contributed by atoms with Crippen LogP contribution in [0.1, 0.15) is 13.2 Å². The van der Waals surface area contributed by atoms with Crippen molar-refractivity contribution in [3.8, 4) is 0 Å². The molecule has 3 unspecified atom stereocenters. The second-order valence-corrected chi connectivity index (χ2v) is 4.31. The Kier molecular flexibility index (Phi) is 3.84. The van der Waals surface area contributed by atoms with E-state index in [9.17, 15) is 18.8 Å². The number of carbonyl (C=O) groups excluding carboxylic acids is 1. The number of ether oxygens (including phenoxy) is 2. The molecular formula is C12H13FN2O5. The van der Waals surface area contributed by atoms with Gasteiger partial charge in [-0.25, -0.2) is 9.18 Å². The third-order valence-electron chi connectivity index (χ3n) is 2.89. The van der Waals surface area contributed by atoms with Crippen LogP contribution < -0.4 is 11.2 Å². The summed E-state index contributed by atoms with van der Waals surface area (Å²) in [5.74, 6) is -0.526. The van der Waals surface area contributed by atoms with E-state index in [-0.39, 0.29) is 12.2 Å². The molecule has 2 heterocycles. The standard InChI is InChI=1S/C12H13FN2O5/c1-6-8(5-19-7(2)16)20-11(10(6)13)15-4-3-9(17)14-12(15)18/h3-4,8,10-11H,1,5H2,2H3,(H,14,17,18). The van der Waals surface area contributed by atoms with Crippen LogP contribution in [0, 0.1) is 0 Å². The van der Waals surface area contributed by atoms with E-state index in [1.54, 1.807) is 0 Å². The molecule has 1 aromatic rings. The highest BCUT2D eigenvalue weighted by atomic mass is 19.1. The zero-order valence-corrected chi connectivity index (χ0v) is 10.7. The van der Waals surface area contributed by atoms with Crippen LogP contribution in [0.4, 0.5) is 4.39 Å². The summed E-state index contributed by atoms with van der Waals surface area (Å²) < 4.78 is 25.1. The van der Waals surface area contributed by atoms with Gasteiger partial charge in [-0.05, 0) is 5.57 Å². The molecular weight excluding hydrogens is 271 g/mol. The number of carbonyl (C=O) groups is 1. The van der Waals surface area contributed by atoms with Crippen LogP contribution in [-0.4, -0.2) is 34.4 Å². The van der Waals surface area contributed by atoms with Gasteiger partial charge in [0.15, 0.2) is 12.4 Å². The molecule has 2 rings (SSSR count). The Morgan fingerprint density at radius 2 is 2.30 bits per heavy atom. The maximum absolute atomic E-state index is 14.1. The molecule has 0 bridgehead atoms. The molecule has 1 N–H and O–H groups in total. The number of hydrogen-bond acceptors (Lipinski definition) is 5. The molecule has 0 aliphatic carbocycles. The largest absolute Gasteiger partial charge is 0.463 e. The molecule has 108 valence electrons. The second-order valence-electron chi connectivity index (χ2n) is 4.31. The van der Waals surface area contributed by atoms with Crippen molar-refractivity contribution in [3.63, 3.8) is 0 Å². The highest BCUT2D eigenvalue weighted by Gasteiger charge is 2.41. The van der Waals surface area contributed by atoms with Crippen LogP contribution in [0.15, 0.2) is 34.0 Å². The van der Waals surface area contributed by atoms with Crippen LogP contribution in [0.3, 0.4) is 0 Å². The lowest BCUT2D eigenvalue weighted by Crippen LogP contribution is -2.34. The Balaban J connectivity index is 2.21. The van der Waals surface area contributed by atoms with Crippen molar-refractivity contribution in [1.29, 1.82) is 0 Å². The predicted octanol–water partition coefficient (Wildman–Crippen LogP) is -0.109. The summed E-state index contributed by atoms with van der Waals surface area (Å²) in [5.41, 5.74) is -1.30. The summed E-state index contributed by atoms with van der Waals surface area (Å²) >= 11 is 0. The molecule has 7 nitrogen and oxygen atoms in total. The molecule has 0 aromatic carbocycles. The molecule has 0 radical (unpaired) electrons. The fourth-order valence-electron chi connectivity index (χ4n) is 1.86. The monoisotopic (exact) mass is 284 g/mol. The predicted molar refractivity (Wildman–Crippen MR) is 65.9 cm³/mol. The maximum Gasteiger partial charge on any atom is 0.330 e. The Morgan fingerprint density at radius 1 is 1.60 bits per heavy atom. The fraction of sp³-hybridized carbons (Fsp3) is 0.417. The van der Waals surface area contributed by atoms with E-state index in [1.165, 1.54) is 6.92 Å². The van der Waals surface area contributed by atoms with Gasteiger partial charge in [0.1, 0.15) is 12.7 Å². The molecule has 0 spiro atoms. The number of alkyl halides is 1. The van der Waals surface area contributed by atoms with Crippen molar-refractivity contribution in [1.82, 2.24) is 9.55 Å². The molecule has 1 fully saturated rings. The van der Waals surface area contributed by atoms with Crippen LogP contribution in [-0.2, 0) is 14.3 Å². The zero-order chi connectivity index (χ0) is 14.9. The lowest BCUT2D eigenvalue weighted by molar-refractivity contribution is -0.145. The van der Waals surface area contributed by atoms with Crippen molar-refractivity contribution in [2.24, 2.45) is 0 Å². The highest BCUT2D eigenvalue weighted by molar-refractivity contribution is 5.65. The summed E-state index contributed by atoms with van der Waals surface area (Å²) in [6, 6.07) is 1.08. The molecule has 1 saturated heterocycles. The molecule has 20 heavy (non-hydrogen) atoms. The minimum absolute atomic E-state index is 0.0781. The van der Waals surface area contributed by atoms with Crippen LogP contribution >= 0.6 is 0 Å². The average Bonchev–Trinajstić information content (AvgIpc) is 2.64. The van der Waals surface area contributed by atoms with E-state index in [0.29, 0.717) is 0 Å². The summed E-state index contributed by atoms with van der Waals surface area (Å²) in [6.07, 6.45) is -2.58. The van der Waals surface area contributed by atoms with Gasteiger partial charge in [-0.2, -0.15) is 0 Å². The molecule has 8 heteroatoms. The van der Waals surface area contributed by atoms with Gasteiger partial charge in [-0.15, -0.1) is 0 Å². The first-order valence-electron chi connectivity index (χ1n) is 5.83. The van der Waals surface area contributed by atoms with Gasteiger partial charge >= 0.3 is 11.7 Å². The Labute approximate surface area is 112 Å².